The van der Waals surface area contributed by atoms with E-state index in [1.54, 1.807) is 31.4 Å². The molecule has 0 aliphatic carbocycles. The van der Waals surface area contributed by atoms with Gasteiger partial charge >= 0.3 is 0 Å². The first-order valence-corrected chi connectivity index (χ1v) is 9.15. The fourth-order valence-electron chi connectivity index (χ4n) is 3.05. The summed E-state index contributed by atoms with van der Waals surface area (Å²) in [6.07, 6.45) is 1.36. The Labute approximate surface area is 170 Å². The summed E-state index contributed by atoms with van der Waals surface area (Å²) >= 11 is 0. The van der Waals surface area contributed by atoms with Crippen LogP contribution >= 0.6 is 0 Å². The summed E-state index contributed by atoms with van der Waals surface area (Å²) in [5, 5.41) is 11.1. The molecule has 2 aromatic heterocycles. The molecule has 9 heteroatoms. The highest BCUT2D eigenvalue weighted by atomic mass is 19.1. The molecule has 4 aromatic rings. The van der Waals surface area contributed by atoms with Crippen LogP contribution in [0.1, 0.15) is 5.56 Å². The Hall–Kier alpha value is -4.01. The number of amides is 1. The van der Waals surface area contributed by atoms with Gasteiger partial charge in [-0.25, -0.2) is 13.6 Å². The number of para-hydroxylation sites is 1. The van der Waals surface area contributed by atoms with Gasteiger partial charge in [-0.05, 0) is 36.4 Å². The van der Waals surface area contributed by atoms with Crippen LogP contribution in [0.25, 0.3) is 16.8 Å². The van der Waals surface area contributed by atoms with Gasteiger partial charge in [0, 0.05) is 17.7 Å². The third-order valence-electron chi connectivity index (χ3n) is 4.59. The van der Waals surface area contributed by atoms with Crippen LogP contribution in [0, 0.1) is 5.82 Å². The topological polar surface area (TPSA) is 90.5 Å². The second kappa shape index (κ2) is 8.16. The molecule has 0 atom stereocenters. The average Bonchev–Trinajstić information content (AvgIpc) is 3.20. The van der Waals surface area contributed by atoms with Crippen LogP contribution < -0.4 is 15.6 Å². The number of carbonyl (C=O) groups is 1. The number of methoxy groups -OCH3 is 1. The molecule has 0 bridgehead atoms. The molecular weight excluding hydrogens is 389 g/mol. The van der Waals surface area contributed by atoms with Crippen molar-refractivity contribution in [1.29, 1.82) is 0 Å². The molecule has 0 fully saturated rings. The van der Waals surface area contributed by atoms with E-state index in [2.05, 4.69) is 15.5 Å². The summed E-state index contributed by atoms with van der Waals surface area (Å²) in [6, 6.07) is 14.7. The third kappa shape index (κ3) is 3.90. The SMILES string of the molecule is COc1ccccc1CNC(=O)Cn1ncn2nc(-c3ccc(F)cc3)cc2c1=O. The summed E-state index contributed by atoms with van der Waals surface area (Å²) in [6.45, 7) is 0.0305. The van der Waals surface area contributed by atoms with Crippen molar-refractivity contribution >= 4 is 11.4 Å². The Bertz CT molecular complexity index is 1260. The van der Waals surface area contributed by atoms with Crippen molar-refractivity contribution in [1.82, 2.24) is 24.7 Å². The van der Waals surface area contributed by atoms with Crippen LogP contribution in [-0.2, 0) is 17.9 Å². The zero-order valence-electron chi connectivity index (χ0n) is 16.1. The number of carbonyl (C=O) groups excluding carboxylic acids is 1. The highest BCUT2D eigenvalue weighted by molar-refractivity contribution is 5.75. The maximum absolute atomic E-state index is 13.1. The number of nitrogens with zero attached hydrogens (tertiary/aromatic N) is 4. The fourth-order valence-corrected chi connectivity index (χ4v) is 3.05. The normalized spacial score (nSPS) is 10.9. The fraction of sp³-hybridized carbons (Fsp3) is 0.143. The van der Waals surface area contributed by atoms with Crippen LogP contribution in [0.3, 0.4) is 0 Å². The summed E-state index contributed by atoms with van der Waals surface area (Å²) in [7, 11) is 1.56. The van der Waals surface area contributed by atoms with Crippen molar-refractivity contribution in [3.05, 3.63) is 82.7 Å². The van der Waals surface area contributed by atoms with Gasteiger partial charge in [0.15, 0.2) is 0 Å². The Morgan fingerprint density at radius 3 is 2.70 bits per heavy atom. The van der Waals surface area contributed by atoms with Gasteiger partial charge in [0.25, 0.3) is 5.56 Å². The molecule has 2 aromatic carbocycles. The largest absolute Gasteiger partial charge is 0.496 e. The summed E-state index contributed by atoms with van der Waals surface area (Å²) < 4.78 is 20.8. The summed E-state index contributed by atoms with van der Waals surface area (Å²) in [4.78, 5) is 25.0. The number of benzene rings is 2. The number of nitrogens with one attached hydrogen (secondary N) is 1. The smallest absolute Gasteiger partial charge is 0.293 e. The number of rotatable bonds is 6. The van der Waals surface area contributed by atoms with Gasteiger partial charge in [-0.2, -0.15) is 10.2 Å². The molecule has 4 rings (SSSR count). The Balaban J connectivity index is 1.51. The first kappa shape index (κ1) is 19.3. The third-order valence-corrected chi connectivity index (χ3v) is 4.59. The zero-order valence-corrected chi connectivity index (χ0v) is 16.1. The van der Waals surface area contributed by atoms with E-state index in [0.717, 1.165) is 10.2 Å². The molecule has 2 heterocycles. The van der Waals surface area contributed by atoms with Crippen LogP contribution in [-0.4, -0.2) is 32.4 Å². The number of fused-ring (bicyclic) bond motifs is 1. The summed E-state index contributed by atoms with van der Waals surface area (Å²) in [5.74, 6) is -0.0501. The average molecular weight is 407 g/mol. The van der Waals surface area contributed by atoms with Crippen molar-refractivity contribution in [2.24, 2.45) is 0 Å². The number of aromatic nitrogens is 4. The number of halogens is 1. The van der Waals surface area contributed by atoms with E-state index in [1.807, 2.05) is 18.2 Å². The molecule has 0 radical (unpaired) electrons. The molecule has 0 unspecified atom stereocenters. The number of ether oxygens (including phenoxy) is 1. The number of hydrogen-bond acceptors (Lipinski definition) is 5. The maximum atomic E-state index is 13.1. The Kier molecular flexibility index (Phi) is 5.25. The molecule has 0 spiro atoms. The lowest BCUT2D eigenvalue weighted by atomic mass is 10.1. The van der Waals surface area contributed by atoms with E-state index >= 15 is 0 Å². The Morgan fingerprint density at radius 2 is 1.93 bits per heavy atom. The summed E-state index contributed by atoms with van der Waals surface area (Å²) in [5.41, 5.74) is 1.81. The predicted octanol–water partition coefficient (Wildman–Crippen LogP) is 2.02. The second-order valence-electron chi connectivity index (χ2n) is 6.55. The van der Waals surface area contributed by atoms with Gasteiger partial charge in [-0.3, -0.25) is 9.59 Å². The standard InChI is InChI=1S/C21H18FN5O3/c1-30-19-5-3-2-4-15(19)11-23-20(28)12-26-21(29)18-10-17(25-27(18)13-24-26)14-6-8-16(22)9-7-14/h2-10,13H,11-12H2,1H3,(H,23,28). The van der Waals surface area contributed by atoms with Gasteiger partial charge in [0.05, 0.1) is 12.8 Å². The van der Waals surface area contributed by atoms with Crippen molar-refractivity contribution in [3.63, 3.8) is 0 Å². The minimum absolute atomic E-state index is 0.235. The molecule has 0 saturated heterocycles. The van der Waals surface area contributed by atoms with Crippen LogP contribution in [0.2, 0.25) is 0 Å². The predicted molar refractivity (Wildman–Crippen MR) is 107 cm³/mol. The zero-order chi connectivity index (χ0) is 21.1. The molecule has 1 N–H and O–H groups in total. The molecule has 152 valence electrons. The highest BCUT2D eigenvalue weighted by Gasteiger charge is 2.13. The van der Waals surface area contributed by atoms with Crippen molar-refractivity contribution in [3.8, 4) is 17.0 Å². The van der Waals surface area contributed by atoms with Crippen molar-refractivity contribution in [2.75, 3.05) is 7.11 Å². The first-order chi connectivity index (χ1) is 14.5. The molecule has 1 amide bonds. The molecular formula is C21H18FN5O3. The molecule has 0 aliphatic heterocycles. The quantitative estimate of drug-likeness (QED) is 0.528. The van der Waals surface area contributed by atoms with Gasteiger partial charge in [-0.1, -0.05) is 18.2 Å². The van der Waals surface area contributed by atoms with Crippen LogP contribution in [0.15, 0.2) is 65.7 Å². The van der Waals surface area contributed by atoms with E-state index in [-0.39, 0.29) is 30.3 Å². The van der Waals surface area contributed by atoms with Gasteiger partial charge in [0.1, 0.15) is 30.0 Å². The second-order valence-corrected chi connectivity index (χ2v) is 6.55. The van der Waals surface area contributed by atoms with E-state index in [9.17, 15) is 14.0 Å². The van der Waals surface area contributed by atoms with E-state index < -0.39 is 5.56 Å². The van der Waals surface area contributed by atoms with Gasteiger partial charge in [-0.15, -0.1) is 0 Å². The van der Waals surface area contributed by atoms with Crippen LogP contribution in [0.5, 0.6) is 5.75 Å². The van der Waals surface area contributed by atoms with Crippen molar-refractivity contribution < 1.29 is 13.9 Å². The molecule has 8 nitrogen and oxygen atoms in total. The van der Waals surface area contributed by atoms with Crippen molar-refractivity contribution in [2.45, 2.75) is 13.1 Å². The Morgan fingerprint density at radius 1 is 1.17 bits per heavy atom. The first-order valence-electron chi connectivity index (χ1n) is 9.15. The minimum atomic E-state index is -0.453. The van der Waals surface area contributed by atoms with E-state index in [1.165, 1.54) is 23.0 Å². The number of hydrogen-bond donors (Lipinski definition) is 1. The van der Waals surface area contributed by atoms with Gasteiger partial charge in [0.2, 0.25) is 5.91 Å². The molecule has 0 aliphatic rings. The lowest BCUT2D eigenvalue weighted by Gasteiger charge is -2.10. The monoisotopic (exact) mass is 407 g/mol. The molecule has 30 heavy (non-hydrogen) atoms. The van der Waals surface area contributed by atoms with Gasteiger partial charge < -0.3 is 10.1 Å². The highest BCUT2D eigenvalue weighted by Crippen LogP contribution is 2.19. The molecule has 0 saturated carbocycles. The lowest BCUT2D eigenvalue weighted by Crippen LogP contribution is -2.34. The van der Waals surface area contributed by atoms with E-state index in [4.69, 9.17) is 4.74 Å². The minimum Gasteiger partial charge on any atom is -0.496 e. The maximum Gasteiger partial charge on any atom is 0.293 e. The lowest BCUT2D eigenvalue weighted by molar-refractivity contribution is -0.122. The van der Waals surface area contributed by atoms with Crippen LogP contribution in [0.4, 0.5) is 4.39 Å². The van der Waals surface area contributed by atoms with E-state index in [0.29, 0.717) is 17.0 Å².